The highest BCUT2D eigenvalue weighted by Crippen LogP contribution is 2.21. The van der Waals surface area contributed by atoms with E-state index in [1.807, 2.05) is 6.07 Å². The molecule has 2 rings (SSSR count). The number of halogens is 3. The summed E-state index contributed by atoms with van der Waals surface area (Å²) in [7, 11) is -2.82. The van der Waals surface area contributed by atoms with Gasteiger partial charge in [0, 0.05) is 12.8 Å². The Bertz CT molecular complexity index is 976. The number of aromatic nitrogens is 2. The standard InChI is InChI=1S/C16H16F3N5O4S/c1-27-6-7-28-14-11(8-20)9-21-15(24-14)23-12-2-4-13(5-3-12)29(25,26)22-10-16(17,18)19/h2-5,9,22H,6-7,10H2,1H3,(H,21,23,24). The highest BCUT2D eigenvalue weighted by Gasteiger charge is 2.30. The van der Waals surface area contributed by atoms with E-state index in [0.717, 1.165) is 12.1 Å². The molecular formula is C16H16F3N5O4S. The molecule has 0 aliphatic heterocycles. The number of rotatable bonds is 9. The van der Waals surface area contributed by atoms with Crippen LogP contribution in [0.2, 0.25) is 0 Å². The molecule has 0 saturated carbocycles. The summed E-state index contributed by atoms with van der Waals surface area (Å²) in [6, 6.07) is 6.80. The van der Waals surface area contributed by atoms with E-state index in [4.69, 9.17) is 14.7 Å². The van der Waals surface area contributed by atoms with Crippen LogP contribution in [0.15, 0.2) is 35.4 Å². The zero-order valence-electron chi connectivity index (χ0n) is 15.0. The van der Waals surface area contributed by atoms with Crippen LogP contribution in [-0.2, 0) is 14.8 Å². The van der Waals surface area contributed by atoms with Crippen LogP contribution in [0.1, 0.15) is 5.56 Å². The number of nitriles is 1. The summed E-state index contributed by atoms with van der Waals surface area (Å²) in [5.74, 6) is 0.111. The Kier molecular flexibility index (Phi) is 7.32. The molecule has 2 N–H and O–H groups in total. The quantitative estimate of drug-likeness (QED) is 0.577. The van der Waals surface area contributed by atoms with Gasteiger partial charge in [0.25, 0.3) is 0 Å². The second kappa shape index (κ2) is 9.50. The molecule has 1 aromatic heterocycles. The molecule has 156 valence electrons. The first-order chi connectivity index (χ1) is 13.6. The lowest BCUT2D eigenvalue weighted by molar-refractivity contribution is -0.121. The maximum absolute atomic E-state index is 12.2. The predicted octanol–water partition coefficient (Wildman–Crippen LogP) is 1.96. The molecule has 0 aliphatic rings. The largest absolute Gasteiger partial charge is 0.474 e. The minimum absolute atomic E-state index is 0.0394. The smallest absolute Gasteiger partial charge is 0.402 e. The lowest BCUT2D eigenvalue weighted by atomic mass is 10.3. The number of benzene rings is 1. The Balaban J connectivity index is 2.11. The van der Waals surface area contributed by atoms with Gasteiger partial charge in [-0.2, -0.15) is 23.4 Å². The van der Waals surface area contributed by atoms with Crippen LogP contribution in [0.3, 0.4) is 0 Å². The van der Waals surface area contributed by atoms with Gasteiger partial charge in [-0.15, -0.1) is 0 Å². The van der Waals surface area contributed by atoms with Gasteiger partial charge in [0.15, 0.2) is 0 Å². The highest BCUT2D eigenvalue weighted by atomic mass is 32.2. The van der Waals surface area contributed by atoms with Crippen LogP contribution in [-0.4, -0.2) is 51.4 Å². The van der Waals surface area contributed by atoms with Crippen molar-refractivity contribution in [2.45, 2.75) is 11.1 Å². The van der Waals surface area contributed by atoms with Crippen LogP contribution in [0.25, 0.3) is 0 Å². The molecular weight excluding hydrogens is 415 g/mol. The molecule has 0 bridgehead atoms. The number of hydrogen-bond donors (Lipinski definition) is 2. The summed E-state index contributed by atoms with van der Waals surface area (Å²) >= 11 is 0. The van der Waals surface area contributed by atoms with Gasteiger partial charge in [-0.25, -0.2) is 18.1 Å². The van der Waals surface area contributed by atoms with E-state index in [2.05, 4.69) is 15.3 Å². The van der Waals surface area contributed by atoms with E-state index in [1.165, 1.54) is 30.2 Å². The Morgan fingerprint density at radius 2 is 1.90 bits per heavy atom. The molecule has 0 aliphatic carbocycles. The number of sulfonamides is 1. The van der Waals surface area contributed by atoms with Gasteiger partial charge in [0.2, 0.25) is 21.9 Å². The van der Waals surface area contributed by atoms with Gasteiger partial charge in [-0.05, 0) is 24.3 Å². The van der Waals surface area contributed by atoms with Crippen molar-refractivity contribution in [1.29, 1.82) is 5.26 Å². The summed E-state index contributed by atoms with van der Waals surface area (Å²) < 4.78 is 72.0. The van der Waals surface area contributed by atoms with Crippen LogP contribution in [0, 0.1) is 11.3 Å². The first-order valence-corrected chi connectivity index (χ1v) is 9.45. The SMILES string of the molecule is COCCOc1nc(Nc2ccc(S(=O)(=O)NCC(F)(F)F)cc2)ncc1C#N. The predicted molar refractivity (Wildman–Crippen MR) is 95.1 cm³/mol. The number of methoxy groups -OCH3 is 1. The molecule has 2 aromatic rings. The van der Waals surface area contributed by atoms with Gasteiger partial charge >= 0.3 is 6.18 Å². The minimum atomic E-state index is -4.66. The molecule has 1 heterocycles. The number of nitrogens with zero attached hydrogens (tertiary/aromatic N) is 3. The third kappa shape index (κ3) is 6.86. The van der Waals surface area contributed by atoms with Gasteiger partial charge in [0.1, 0.15) is 24.8 Å². The summed E-state index contributed by atoms with van der Waals surface area (Å²) in [6.07, 6.45) is -3.41. The van der Waals surface area contributed by atoms with Crippen molar-refractivity contribution in [2.24, 2.45) is 0 Å². The van der Waals surface area contributed by atoms with Gasteiger partial charge < -0.3 is 14.8 Å². The van der Waals surface area contributed by atoms with Crippen molar-refractivity contribution >= 4 is 21.7 Å². The van der Waals surface area contributed by atoms with Gasteiger partial charge in [-0.3, -0.25) is 0 Å². The maximum atomic E-state index is 12.2. The summed E-state index contributed by atoms with van der Waals surface area (Å²) in [5, 5.41) is 11.8. The zero-order chi connectivity index (χ0) is 21.5. The van der Waals surface area contributed by atoms with E-state index in [1.54, 1.807) is 0 Å². The van der Waals surface area contributed by atoms with Crippen LogP contribution >= 0.6 is 0 Å². The molecule has 0 spiro atoms. The Morgan fingerprint density at radius 1 is 1.21 bits per heavy atom. The van der Waals surface area contributed by atoms with E-state index in [0.29, 0.717) is 5.69 Å². The molecule has 13 heteroatoms. The van der Waals surface area contributed by atoms with Crippen molar-refractivity contribution in [3.63, 3.8) is 0 Å². The number of hydrogen-bond acceptors (Lipinski definition) is 8. The van der Waals surface area contributed by atoms with Crippen molar-refractivity contribution in [1.82, 2.24) is 14.7 Å². The average molecular weight is 431 g/mol. The van der Waals surface area contributed by atoms with E-state index in [-0.39, 0.29) is 35.5 Å². The number of nitrogens with one attached hydrogen (secondary N) is 2. The molecule has 0 amide bonds. The normalized spacial score (nSPS) is 11.7. The second-order valence-electron chi connectivity index (χ2n) is 5.45. The molecule has 0 saturated heterocycles. The van der Waals surface area contributed by atoms with Crippen LogP contribution in [0.5, 0.6) is 5.88 Å². The molecule has 9 nitrogen and oxygen atoms in total. The number of anilines is 2. The molecule has 0 unspecified atom stereocenters. The Morgan fingerprint density at radius 3 is 2.48 bits per heavy atom. The molecule has 0 radical (unpaired) electrons. The molecule has 1 aromatic carbocycles. The second-order valence-corrected chi connectivity index (χ2v) is 7.22. The Labute approximate surface area is 164 Å². The first-order valence-electron chi connectivity index (χ1n) is 7.97. The third-order valence-electron chi connectivity index (χ3n) is 3.28. The third-order valence-corrected chi connectivity index (χ3v) is 4.70. The fourth-order valence-electron chi connectivity index (χ4n) is 1.94. The van der Waals surface area contributed by atoms with E-state index in [9.17, 15) is 21.6 Å². The first kappa shape index (κ1) is 22.3. The van der Waals surface area contributed by atoms with Gasteiger partial charge in [0.05, 0.1) is 17.7 Å². The van der Waals surface area contributed by atoms with Crippen LogP contribution in [0.4, 0.5) is 24.8 Å². The van der Waals surface area contributed by atoms with Crippen molar-refractivity contribution in [2.75, 3.05) is 32.2 Å². The van der Waals surface area contributed by atoms with Crippen LogP contribution < -0.4 is 14.8 Å². The fraction of sp³-hybridized carbons (Fsp3) is 0.312. The topological polar surface area (TPSA) is 126 Å². The lowest BCUT2D eigenvalue weighted by Crippen LogP contribution is -2.33. The van der Waals surface area contributed by atoms with Crippen molar-refractivity contribution in [3.8, 4) is 11.9 Å². The average Bonchev–Trinajstić information content (AvgIpc) is 2.67. The lowest BCUT2D eigenvalue weighted by Gasteiger charge is -2.11. The highest BCUT2D eigenvalue weighted by molar-refractivity contribution is 7.89. The summed E-state index contributed by atoms with van der Waals surface area (Å²) in [4.78, 5) is 7.67. The summed E-state index contributed by atoms with van der Waals surface area (Å²) in [5.41, 5.74) is 0.483. The molecule has 0 fully saturated rings. The van der Waals surface area contributed by atoms with Gasteiger partial charge in [-0.1, -0.05) is 0 Å². The molecule has 29 heavy (non-hydrogen) atoms. The maximum Gasteiger partial charge on any atom is 0.402 e. The van der Waals surface area contributed by atoms with E-state index < -0.39 is 22.7 Å². The monoisotopic (exact) mass is 431 g/mol. The van der Waals surface area contributed by atoms with E-state index >= 15 is 0 Å². The zero-order valence-corrected chi connectivity index (χ0v) is 15.8. The molecule has 0 atom stereocenters. The van der Waals surface area contributed by atoms with Crippen molar-refractivity contribution in [3.05, 3.63) is 36.0 Å². The number of ether oxygens (including phenoxy) is 2. The minimum Gasteiger partial charge on any atom is -0.474 e. The summed E-state index contributed by atoms with van der Waals surface area (Å²) in [6.45, 7) is -1.21. The number of alkyl halides is 3. The Hall–Kier alpha value is -2.95. The fourth-order valence-corrected chi connectivity index (χ4v) is 2.96. The van der Waals surface area contributed by atoms with Crippen molar-refractivity contribution < 1.29 is 31.1 Å².